The normalized spacial score (nSPS) is 20.2. The Labute approximate surface area is 178 Å². The lowest BCUT2D eigenvalue weighted by molar-refractivity contribution is -0.227. The third kappa shape index (κ3) is 15.2. The Morgan fingerprint density at radius 2 is 1.48 bits per heavy atom. The van der Waals surface area contributed by atoms with Gasteiger partial charge in [-0.25, -0.2) is 0 Å². The maximum Gasteiger partial charge on any atom is 0.306 e. The number of rotatable bonds is 16. The van der Waals surface area contributed by atoms with Gasteiger partial charge < -0.3 is 14.2 Å². The van der Waals surface area contributed by atoms with Crippen LogP contribution in [0.3, 0.4) is 0 Å². The standard InChI is InChI=1S/C25H42O4/c1-3-5-6-7-8-9-10-11-12-13-14-15-16-17-18-20-24(26)29-23-21-27-25(19-4-2)28-22-23/h5-6,8-9,11-12,23,25H,3-4,7,10,13-22H2,1-2H3. The van der Waals surface area contributed by atoms with Gasteiger partial charge in [-0.05, 0) is 44.9 Å². The Hall–Kier alpha value is -1.39. The van der Waals surface area contributed by atoms with Gasteiger partial charge in [0.05, 0.1) is 13.2 Å². The van der Waals surface area contributed by atoms with Crippen molar-refractivity contribution in [3.05, 3.63) is 36.5 Å². The molecule has 0 radical (unpaired) electrons. The molecule has 1 aliphatic heterocycles. The number of ether oxygens (including phenoxy) is 3. The minimum absolute atomic E-state index is 0.127. The molecule has 0 atom stereocenters. The van der Waals surface area contributed by atoms with Crippen molar-refractivity contribution >= 4 is 5.97 Å². The van der Waals surface area contributed by atoms with Gasteiger partial charge in [-0.3, -0.25) is 4.79 Å². The quantitative estimate of drug-likeness (QED) is 0.163. The SMILES string of the molecule is CCC=CCC=CCC=CCCCCCCCC(=O)OC1COC(CCC)OC1. The zero-order valence-corrected chi connectivity index (χ0v) is 18.7. The monoisotopic (exact) mass is 406 g/mol. The van der Waals surface area contributed by atoms with E-state index in [1.807, 2.05) is 0 Å². The Morgan fingerprint density at radius 1 is 0.862 bits per heavy atom. The van der Waals surface area contributed by atoms with Crippen LogP contribution in [0.2, 0.25) is 0 Å². The zero-order valence-electron chi connectivity index (χ0n) is 18.7. The molecule has 1 fully saturated rings. The molecule has 0 saturated carbocycles. The highest BCUT2D eigenvalue weighted by Gasteiger charge is 2.24. The van der Waals surface area contributed by atoms with Gasteiger partial charge in [0, 0.05) is 6.42 Å². The van der Waals surface area contributed by atoms with Crippen molar-refractivity contribution < 1.29 is 19.0 Å². The van der Waals surface area contributed by atoms with Gasteiger partial charge in [-0.15, -0.1) is 0 Å². The number of carbonyl (C=O) groups is 1. The van der Waals surface area contributed by atoms with Crippen molar-refractivity contribution in [1.82, 2.24) is 0 Å². The summed E-state index contributed by atoms with van der Waals surface area (Å²) in [4.78, 5) is 11.9. The van der Waals surface area contributed by atoms with E-state index in [2.05, 4.69) is 50.3 Å². The van der Waals surface area contributed by atoms with Crippen LogP contribution in [0.15, 0.2) is 36.5 Å². The molecule has 1 aliphatic rings. The second-order valence-corrected chi connectivity index (χ2v) is 7.60. The molecule has 0 bridgehead atoms. The Morgan fingerprint density at radius 3 is 2.17 bits per heavy atom. The van der Waals surface area contributed by atoms with Crippen LogP contribution >= 0.6 is 0 Å². The van der Waals surface area contributed by atoms with Crippen LogP contribution < -0.4 is 0 Å². The van der Waals surface area contributed by atoms with Crippen molar-refractivity contribution in [1.29, 1.82) is 0 Å². The minimum atomic E-state index is -0.245. The van der Waals surface area contributed by atoms with Gasteiger partial charge in [0.15, 0.2) is 6.29 Å². The minimum Gasteiger partial charge on any atom is -0.457 e. The van der Waals surface area contributed by atoms with Crippen molar-refractivity contribution in [3.63, 3.8) is 0 Å². The van der Waals surface area contributed by atoms with E-state index >= 15 is 0 Å². The van der Waals surface area contributed by atoms with E-state index in [1.54, 1.807) is 0 Å². The molecule has 1 saturated heterocycles. The summed E-state index contributed by atoms with van der Waals surface area (Å²) in [5.41, 5.74) is 0. The van der Waals surface area contributed by atoms with Gasteiger partial charge in [-0.1, -0.05) is 76.0 Å². The Kier molecular flexibility index (Phi) is 16.5. The number of carbonyl (C=O) groups excluding carboxylic acids is 1. The third-order valence-electron chi connectivity index (χ3n) is 4.79. The first-order valence-electron chi connectivity index (χ1n) is 11.6. The van der Waals surface area contributed by atoms with E-state index in [0.717, 1.165) is 51.4 Å². The number of unbranched alkanes of at least 4 members (excludes halogenated alkanes) is 5. The Bertz CT molecular complexity index is 473. The molecule has 0 aliphatic carbocycles. The van der Waals surface area contributed by atoms with Gasteiger partial charge in [-0.2, -0.15) is 0 Å². The van der Waals surface area contributed by atoms with Gasteiger partial charge >= 0.3 is 5.97 Å². The van der Waals surface area contributed by atoms with E-state index in [1.165, 1.54) is 19.3 Å². The van der Waals surface area contributed by atoms with Crippen LogP contribution in [0.4, 0.5) is 0 Å². The molecule has 4 nitrogen and oxygen atoms in total. The zero-order chi connectivity index (χ0) is 21.0. The topological polar surface area (TPSA) is 44.8 Å². The summed E-state index contributed by atoms with van der Waals surface area (Å²) in [6.07, 6.45) is 25.4. The predicted octanol–water partition coefficient (Wildman–Crippen LogP) is 6.66. The highest BCUT2D eigenvalue weighted by atomic mass is 16.7. The van der Waals surface area contributed by atoms with Crippen LogP contribution in [-0.4, -0.2) is 31.6 Å². The molecule has 1 heterocycles. The van der Waals surface area contributed by atoms with Crippen LogP contribution in [0.25, 0.3) is 0 Å². The lowest BCUT2D eigenvalue weighted by Crippen LogP contribution is -2.38. The van der Waals surface area contributed by atoms with E-state index < -0.39 is 0 Å². The van der Waals surface area contributed by atoms with E-state index in [0.29, 0.717) is 19.6 Å². The first-order chi connectivity index (χ1) is 14.3. The van der Waals surface area contributed by atoms with E-state index in [-0.39, 0.29) is 18.4 Å². The van der Waals surface area contributed by atoms with Crippen molar-refractivity contribution in [3.8, 4) is 0 Å². The molecule has 4 heteroatoms. The molecular weight excluding hydrogens is 364 g/mol. The van der Waals surface area contributed by atoms with Crippen molar-refractivity contribution in [2.75, 3.05) is 13.2 Å². The van der Waals surface area contributed by atoms with Crippen LogP contribution in [0.1, 0.15) is 90.9 Å². The second kappa shape index (κ2) is 18.6. The molecule has 0 aromatic carbocycles. The summed E-state index contributed by atoms with van der Waals surface area (Å²) in [7, 11) is 0. The smallest absolute Gasteiger partial charge is 0.306 e. The summed E-state index contributed by atoms with van der Waals surface area (Å²) >= 11 is 0. The first-order valence-corrected chi connectivity index (χ1v) is 11.6. The van der Waals surface area contributed by atoms with Gasteiger partial charge in [0.2, 0.25) is 0 Å². The third-order valence-corrected chi connectivity index (χ3v) is 4.79. The summed E-state index contributed by atoms with van der Waals surface area (Å²) in [6.45, 7) is 5.16. The van der Waals surface area contributed by atoms with Crippen molar-refractivity contribution in [2.24, 2.45) is 0 Å². The predicted molar refractivity (Wildman–Crippen MR) is 120 cm³/mol. The molecule has 0 aromatic heterocycles. The number of hydrogen-bond acceptors (Lipinski definition) is 4. The highest BCUT2D eigenvalue weighted by molar-refractivity contribution is 5.69. The molecule has 0 N–H and O–H groups in total. The number of allylic oxidation sites excluding steroid dienone is 6. The molecule has 1 rings (SSSR count). The number of hydrogen-bond donors (Lipinski definition) is 0. The molecule has 166 valence electrons. The molecule has 0 spiro atoms. The maximum atomic E-state index is 11.9. The van der Waals surface area contributed by atoms with E-state index in [4.69, 9.17) is 14.2 Å². The lowest BCUT2D eigenvalue weighted by atomic mass is 10.1. The highest BCUT2D eigenvalue weighted by Crippen LogP contribution is 2.14. The van der Waals surface area contributed by atoms with Gasteiger partial charge in [0.25, 0.3) is 0 Å². The van der Waals surface area contributed by atoms with Crippen LogP contribution in [-0.2, 0) is 19.0 Å². The molecule has 29 heavy (non-hydrogen) atoms. The first kappa shape index (κ1) is 25.6. The Balaban J connectivity index is 1.88. The van der Waals surface area contributed by atoms with E-state index in [9.17, 15) is 4.79 Å². The molecular formula is C25H42O4. The van der Waals surface area contributed by atoms with Crippen molar-refractivity contribution in [2.45, 2.75) is 103 Å². The average Bonchev–Trinajstić information content (AvgIpc) is 2.72. The molecule has 0 amide bonds. The largest absolute Gasteiger partial charge is 0.457 e. The summed E-state index contributed by atoms with van der Waals surface area (Å²) in [5.74, 6) is -0.127. The second-order valence-electron chi connectivity index (χ2n) is 7.60. The molecule has 0 aromatic rings. The van der Waals surface area contributed by atoms with Crippen LogP contribution in [0.5, 0.6) is 0 Å². The molecule has 0 unspecified atom stereocenters. The fourth-order valence-corrected chi connectivity index (χ4v) is 3.13. The maximum absolute atomic E-state index is 11.9. The summed E-state index contributed by atoms with van der Waals surface area (Å²) in [6, 6.07) is 0. The van der Waals surface area contributed by atoms with Crippen LogP contribution in [0, 0.1) is 0 Å². The average molecular weight is 407 g/mol. The lowest BCUT2D eigenvalue weighted by Gasteiger charge is -2.28. The summed E-state index contributed by atoms with van der Waals surface area (Å²) in [5, 5.41) is 0. The number of esters is 1. The fourth-order valence-electron chi connectivity index (χ4n) is 3.13. The fraction of sp³-hybridized carbons (Fsp3) is 0.720. The van der Waals surface area contributed by atoms with Gasteiger partial charge in [0.1, 0.15) is 6.10 Å². The summed E-state index contributed by atoms with van der Waals surface area (Å²) < 4.78 is 16.5.